The highest BCUT2D eigenvalue weighted by molar-refractivity contribution is 8.14. The lowest BCUT2D eigenvalue weighted by Crippen LogP contribution is -2.35. The first kappa shape index (κ1) is 22.9. The normalized spacial score (nSPS) is 17.8. The number of halogens is 2. The molecule has 1 heterocycles. The van der Waals surface area contributed by atoms with Crippen LogP contribution in [0.1, 0.15) is 36.8 Å². The molecule has 1 saturated carbocycles. The molecule has 0 atom stereocenters. The average Bonchev–Trinajstić information content (AvgIpc) is 3.39. The minimum atomic E-state index is -0.274. The number of nitrogens with one attached hydrogen (secondary N) is 1. The molecule has 2 amide bonds. The van der Waals surface area contributed by atoms with Gasteiger partial charge in [-0.3, -0.25) is 14.5 Å². The Balaban J connectivity index is 1.59. The topological polar surface area (TPSA) is 61.8 Å². The number of hydrogen-bond acceptors (Lipinski definition) is 4. The van der Waals surface area contributed by atoms with Gasteiger partial charge in [-0.25, -0.2) is 4.99 Å². The zero-order valence-corrected chi connectivity index (χ0v) is 19.9. The van der Waals surface area contributed by atoms with Crippen LogP contribution in [0.2, 0.25) is 10.0 Å². The fraction of sp³-hybridized carbons (Fsp3) is 0.292. The summed E-state index contributed by atoms with van der Waals surface area (Å²) in [7, 11) is 0. The zero-order valence-electron chi connectivity index (χ0n) is 17.6. The van der Waals surface area contributed by atoms with Gasteiger partial charge in [-0.1, -0.05) is 77.6 Å². The third-order valence-electron chi connectivity index (χ3n) is 5.45. The quantitative estimate of drug-likeness (QED) is 0.538. The number of benzene rings is 2. The molecule has 0 radical (unpaired) electrons. The van der Waals surface area contributed by atoms with E-state index in [4.69, 9.17) is 23.2 Å². The van der Waals surface area contributed by atoms with Crippen LogP contribution in [-0.2, 0) is 9.59 Å². The first-order valence-electron chi connectivity index (χ1n) is 10.5. The average molecular weight is 488 g/mol. The second-order valence-corrected chi connectivity index (χ2v) is 9.61. The van der Waals surface area contributed by atoms with Gasteiger partial charge in [-0.2, -0.15) is 0 Å². The molecule has 32 heavy (non-hydrogen) atoms. The second kappa shape index (κ2) is 10.1. The summed E-state index contributed by atoms with van der Waals surface area (Å²) in [5.74, 6) is -0.129. The summed E-state index contributed by atoms with van der Waals surface area (Å²) in [6.45, 7) is 1.99. The van der Waals surface area contributed by atoms with Crippen molar-refractivity contribution in [3.05, 3.63) is 69.3 Å². The molecule has 2 aromatic rings. The van der Waals surface area contributed by atoms with Gasteiger partial charge in [0.15, 0.2) is 5.17 Å². The lowest BCUT2D eigenvalue weighted by molar-refractivity contribution is -0.119. The summed E-state index contributed by atoms with van der Waals surface area (Å²) in [5, 5.41) is 4.31. The van der Waals surface area contributed by atoms with Crippen LogP contribution in [0.25, 0.3) is 6.08 Å². The maximum Gasteiger partial charge on any atom is 0.283 e. The van der Waals surface area contributed by atoms with E-state index in [1.165, 1.54) is 16.7 Å². The number of amides is 2. The molecule has 1 aliphatic heterocycles. The first-order chi connectivity index (χ1) is 15.4. The van der Waals surface area contributed by atoms with Crippen LogP contribution < -0.4 is 10.2 Å². The number of carbonyl (C=O) groups is 2. The summed E-state index contributed by atoms with van der Waals surface area (Å²) < 4.78 is 0. The van der Waals surface area contributed by atoms with E-state index >= 15 is 0 Å². The van der Waals surface area contributed by atoms with Gasteiger partial charge >= 0.3 is 0 Å². The number of aryl methyl sites for hydroxylation is 1. The molecule has 0 aromatic heterocycles. The van der Waals surface area contributed by atoms with Gasteiger partial charge in [0.1, 0.15) is 5.70 Å². The molecule has 2 aromatic carbocycles. The van der Waals surface area contributed by atoms with Crippen LogP contribution in [0.5, 0.6) is 0 Å². The summed E-state index contributed by atoms with van der Waals surface area (Å²) in [5.41, 5.74) is 2.64. The SMILES string of the molecule is Cc1ccc(N2C(=O)C(=Cc3cccc(Cl)c3Cl)N=C2SCC(=O)NC2CCCC2)cc1. The monoisotopic (exact) mass is 487 g/mol. The van der Waals surface area contributed by atoms with Gasteiger partial charge in [0.25, 0.3) is 5.91 Å². The highest BCUT2D eigenvalue weighted by atomic mass is 35.5. The van der Waals surface area contributed by atoms with E-state index in [0.29, 0.717) is 26.5 Å². The van der Waals surface area contributed by atoms with E-state index in [-0.39, 0.29) is 29.3 Å². The molecular weight excluding hydrogens is 465 g/mol. The Labute approximate surface area is 201 Å². The molecule has 8 heteroatoms. The minimum Gasteiger partial charge on any atom is -0.353 e. The van der Waals surface area contributed by atoms with Crippen molar-refractivity contribution in [2.75, 3.05) is 10.7 Å². The Hall–Kier alpha value is -2.28. The first-order valence-corrected chi connectivity index (χ1v) is 12.2. The van der Waals surface area contributed by atoms with Crippen LogP contribution >= 0.6 is 35.0 Å². The zero-order chi connectivity index (χ0) is 22.7. The van der Waals surface area contributed by atoms with Gasteiger partial charge < -0.3 is 5.32 Å². The molecule has 2 aliphatic rings. The van der Waals surface area contributed by atoms with E-state index in [1.807, 2.05) is 31.2 Å². The Bertz CT molecular complexity index is 1090. The van der Waals surface area contributed by atoms with Crippen LogP contribution in [0, 0.1) is 6.92 Å². The van der Waals surface area contributed by atoms with Crippen molar-refractivity contribution in [2.45, 2.75) is 38.6 Å². The lowest BCUT2D eigenvalue weighted by atomic mass is 10.2. The largest absolute Gasteiger partial charge is 0.353 e. The number of amidine groups is 1. The van der Waals surface area contributed by atoms with Gasteiger partial charge in [-0.15, -0.1) is 0 Å². The second-order valence-electron chi connectivity index (χ2n) is 7.88. The van der Waals surface area contributed by atoms with Crippen LogP contribution in [0.3, 0.4) is 0 Å². The number of carbonyl (C=O) groups excluding carboxylic acids is 2. The van der Waals surface area contributed by atoms with Crippen molar-refractivity contribution in [1.82, 2.24) is 5.32 Å². The van der Waals surface area contributed by atoms with Crippen LogP contribution in [-0.4, -0.2) is 28.8 Å². The van der Waals surface area contributed by atoms with E-state index < -0.39 is 0 Å². The fourth-order valence-electron chi connectivity index (χ4n) is 3.76. The number of aliphatic imine (C=N–C) groups is 1. The summed E-state index contributed by atoms with van der Waals surface area (Å²) in [6.07, 6.45) is 5.99. The summed E-state index contributed by atoms with van der Waals surface area (Å²) in [4.78, 5) is 31.8. The van der Waals surface area contributed by atoms with Crippen molar-refractivity contribution in [3.63, 3.8) is 0 Å². The molecule has 1 fully saturated rings. The highest BCUT2D eigenvalue weighted by Gasteiger charge is 2.32. The molecule has 0 unspecified atom stereocenters. The van der Waals surface area contributed by atoms with Crippen molar-refractivity contribution < 1.29 is 9.59 Å². The molecule has 5 nitrogen and oxygen atoms in total. The maximum atomic E-state index is 13.3. The van der Waals surface area contributed by atoms with E-state index in [0.717, 1.165) is 31.2 Å². The van der Waals surface area contributed by atoms with Crippen LogP contribution in [0.15, 0.2) is 53.2 Å². The third-order valence-corrected chi connectivity index (χ3v) is 7.22. The number of anilines is 1. The van der Waals surface area contributed by atoms with Gasteiger partial charge in [0.05, 0.1) is 21.5 Å². The summed E-state index contributed by atoms with van der Waals surface area (Å²) in [6, 6.07) is 13.1. The van der Waals surface area contributed by atoms with Crippen molar-refractivity contribution in [3.8, 4) is 0 Å². The van der Waals surface area contributed by atoms with Crippen molar-refractivity contribution >= 4 is 63.7 Å². The molecule has 1 aliphatic carbocycles. The molecule has 4 rings (SSSR count). The molecule has 166 valence electrons. The van der Waals surface area contributed by atoms with Crippen molar-refractivity contribution in [1.29, 1.82) is 0 Å². The predicted octanol–water partition coefficient (Wildman–Crippen LogP) is 5.84. The predicted molar refractivity (Wildman–Crippen MR) is 133 cm³/mol. The molecular formula is C24H23Cl2N3O2S. The number of hydrogen-bond donors (Lipinski definition) is 1. The molecule has 0 saturated heterocycles. The van der Waals surface area contributed by atoms with Gasteiger partial charge in [0.2, 0.25) is 5.91 Å². The Kier molecular flexibility index (Phi) is 7.23. The fourth-order valence-corrected chi connectivity index (χ4v) is 4.95. The Morgan fingerprint density at radius 3 is 2.62 bits per heavy atom. The Morgan fingerprint density at radius 1 is 1.19 bits per heavy atom. The highest BCUT2D eigenvalue weighted by Crippen LogP contribution is 2.32. The smallest absolute Gasteiger partial charge is 0.283 e. The number of nitrogens with zero attached hydrogens (tertiary/aromatic N) is 2. The van der Waals surface area contributed by atoms with E-state index in [2.05, 4.69) is 10.3 Å². The van der Waals surface area contributed by atoms with Gasteiger partial charge in [0, 0.05) is 6.04 Å². The lowest BCUT2D eigenvalue weighted by Gasteiger charge is -2.18. The van der Waals surface area contributed by atoms with E-state index in [1.54, 1.807) is 24.3 Å². The number of thioether (sulfide) groups is 1. The Morgan fingerprint density at radius 2 is 1.91 bits per heavy atom. The van der Waals surface area contributed by atoms with Gasteiger partial charge in [-0.05, 0) is 49.6 Å². The third kappa shape index (κ3) is 5.20. The minimum absolute atomic E-state index is 0.0452. The molecule has 1 N–H and O–H groups in total. The molecule has 0 bridgehead atoms. The number of rotatable bonds is 5. The van der Waals surface area contributed by atoms with Crippen molar-refractivity contribution in [2.24, 2.45) is 4.99 Å². The van der Waals surface area contributed by atoms with Crippen LogP contribution in [0.4, 0.5) is 5.69 Å². The van der Waals surface area contributed by atoms with E-state index in [9.17, 15) is 9.59 Å². The standard InChI is InChI=1S/C24H23Cl2N3O2S/c1-15-9-11-18(12-10-15)29-23(31)20(13-16-5-4-8-19(25)22(16)26)28-24(29)32-14-21(30)27-17-6-2-3-7-17/h4-5,8-13,17H,2-3,6-7,14H2,1H3,(H,27,30). The summed E-state index contributed by atoms with van der Waals surface area (Å²) >= 11 is 13.7. The molecule has 0 spiro atoms. The maximum absolute atomic E-state index is 13.3.